The van der Waals surface area contributed by atoms with Gasteiger partial charge in [0, 0.05) is 16.8 Å². The zero-order chi connectivity index (χ0) is 15.6. The van der Waals surface area contributed by atoms with Gasteiger partial charge in [0.25, 0.3) is 0 Å². The summed E-state index contributed by atoms with van der Waals surface area (Å²) in [5.74, 6) is -0.402. The Morgan fingerprint density at radius 1 is 1.19 bits per heavy atom. The average Bonchev–Trinajstić information content (AvgIpc) is 2.37. The molecule has 0 unspecified atom stereocenters. The van der Waals surface area contributed by atoms with Crippen molar-refractivity contribution in [3.8, 4) is 0 Å². The van der Waals surface area contributed by atoms with Gasteiger partial charge in [-0.15, -0.1) is 0 Å². The third-order valence-corrected chi connectivity index (χ3v) is 3.13. The second-order valence-electron chi connectivity index (χ2n) is 6.18. The summed E-state index contributed by atoms with van der Waals surface area (Å²) < 4.78 is 0. The second-order valence-corrected chi connectivity index (χ2v) is 6.18. The fraction of sp³-hybridized carbons (Fsp3) is 0.294. The molecule has 2 N–H and O–H groups in total. The van der Waals surface area contributed by atoms with Gasteiger partial charge in [-0.05, 0) is 36.8 Å². The minimum Gasteiger partial charge on any atom is -0.478 e. The SMILES string of the molecule is Cc1cccc(Nc2cc(C(=O)O)cc(C(C)(C)C)n2)c1. The summed E-state index contributed by atoms with van der Waals surface area (Å²) in [5.41, 5.74) is 2.80. The normalized spacial score (nSPS) is 11.2. The van der Waals surface area contributed by atoms with E-state index in [1.54, 1.807) is 12.1 Å². The molecule has 0 bridgehead atoms. The number of aryl methyl sites for hydroxylation is 1. The molecule has 110 valence electrons. The Bertz CT molecular complexity index is 673. The molecule has 0 saturated heterocycles. The van der Waals surface area contributed by atoms with Crippen molar-refractivity contribution in [2.75, 3.05) is 5.32 Å². The standard InChI is InChI=1S/C17H20N2O2/c1-11-6-5-7-13(8-11)18-15-10-12(16(20)21)9-14(19-15)17(2,3)4/h5-10H,1-4H3,(H,18,19)(H,20,21). The number of nitrogens with zero attached hydrogens (tertiary/aromatic N) is 1. The smallest absolute Gasteiger partial charge is 0.335 e. The molecule has 2 aromatic rings. The van der Waals surface area contributed by atoms with Gasteiger partial charge in [-0.2, -0.15) is 0 Å². The van der Waals surface area contributed by atoms with Gasteiger partial charge in [-0.25, -0.2) is 9.78 Å². The van der Waals surface area contributed by atoms with Crippen LogP contribution in [0.5, 0.6) is 0 Å². The molecule has 1 aromatic heterocycles. The third kappa shape index (κ3) is 3.81. The van der Waals surface area contributed by atoms with Crippen molar-refractivity contribution < 1.29 is 9.90 Å². The highest BCUT2D eigenvalue weighted by molar-refractivity contribution is 5.89. The minimum absolute atomic E-state index is 0.214. The second kappa shape index (κ2) is 5.56. The van der Waals surface area contributed by atoms with Gasteiger partial charge in [0.1, 0.15) is 5.82 Å². The predicted octanol–water partition coefficient (Wildman–Crippen LogP) is 4.13. The van der Waals surface area contributed by atoms with E-state index >= 15 is 0 Å². The number of carbonyl (C=O) groups is 1. The van der Waals surface area contributed by atoms with Crippen LogP contribution in [0.1, 0.15) is 42.4 Å². The van der Waals surface area contributed by atoms with Crippen molar-refractivity contribution >= 4 is 17.5 Å². The molecule has 0 aliphatic heterocycles. The molecule has 0 fully saturated rings. The molecular weight excluding hydrogens is 264 g/mol. The molecular formula is C17H20N2O2. The summed E-state index contributed by atoms with van der Waals surface area (Å²) in [6.07, 6.45) is 0. The van der Waals surface area contributed by atoms with Crippen molar-refractivity contribution in [1.82, 2.24) is 4.98 Å². The van der Waals surface area contributed by atoms with Gasteiger partial charge < -0.3 is 10.4 Å². The van der Waals surface area contributed by atoms with E-state index in [2.05, 4.69) is 10.3 Å². The molecule has 0 atom stereocenters. The van der Waals surface area contributed by atoms with Crippen LogP contribution in [0.2, 0.25) is 0 Å². The Hall–Kier alpha value is -2.36. The number of carboxylic acids is 1. The van der Waals surface area contributed by atoms with Crippen LogP contribution >= 0.6 is 0 Å². The summed E-state index contributed by atoms with van der Waals surface area (Å²) in [5, 5.41) is 12.4. The first kappa shape index (κ1) is 15.0. The third-order valence-electron chi connectivity index (χ3n) is 3.13. The lowest BCUT2D eigenvalue weighted by atomic mass is 9.91. The van der Waals surface area contributed by atoms with Crippen LogP contribution < -0.4 is 5.32 Å². The van der Waals surface area contributed by atoms with Crippen LogP contribution in [0.25, 0.3) is 0 Å². The Morgan fingerprint density at radius 3 is 2.48 bits per heavy atom. The fourth-order valence-corrected chi connectivity index (χ4v) is 1.97. The maximum Gasteiger partial charge on any atom is 0.335 e. The highest BCUT2D eigenvalue weighted by Crippen LogP contribution is 2.25. The number of hydrogen-bond acceptors (Lipinski definition) is 3. The van der Waals surface area contributed by atoms with Crippen LogP contribution in [0.3, 0.4) is 0 Å². The van der Waals surface area contributed by atoms with E-state index < -0.39 is 5.97 Å². The molecule has 4 heteroatoms. The van der Waals surface area contributed by atoms with Crippen LogP contribution in [-0.2, 0) is 5.41 Å². The van der Waals surface area contributed by atoms with Gasteiger partial charge >= 0.3 is 5.97 Å². The van der Waals surface area contributed by atoms with Gasteiger partial charge in [0.05, 0.1) is 5.56 Å². The van der Waals surface area contributed by atoms with Crippen molar-refractivity contribution in [2.45, 2.75) is 33.1 Å². The molecule has 1 heterocycles. The summed E-state index contributed by atoms with van der Waals surface area (Å²) in [7, 11) is 0. The Balaban J connectivity index is 2.43. The first-order chi connectivity index (χ1) is 9.75. The molecule has 4 nitrogen and oxygen atoms in total. The molecule has 0 radical (unpaired) electrons. The monoisotopic (exact) mass is 284 g/mol. The van der Waals surface area contributed by atoms with Crippen molar-refractivity contribution in [3.05, 3.63) is 53.2 Å². The number of aromatic carboxylic acids is 1. The first-order valence-electron chi connectivity index (χ1n) is 6.85. The van der Waals surface area contributed by atoms with Gasteiger partial charge in [0.2, 0.25) is 0 Å². The maximum atomic E-state index is 11.3. The van der Waals surface area contributed by atoms with E-state index in [-0.39, 0.29) is 11.0 Å². The van der Waals surface area contributed by atoms with Gasteiger partial charge in [0.15, 0.2) is 0 Å². The first-order valence-corrected chi connectivity index (χ1v) is 6.85. The molecule has 0 spiro atoms. The van der Waals surface area contributed by atoms with Crippen molar-refractivity contribution in [3.63, 3.8) is 0 Å². The van der Waals surface area contributed by atoms with E-state index in [4.69, 9.17) is 0 Å². The molecule has 0 aliphatic carbocycles. The molecule has 0 saturated carbocycles. The lowest BCUT2D eigenvalue weighted by Gasteiger charge is -2.19. The lowest BCUT2D eigenvalue weighted by molar-refractivity contribution is 0.0696. The number of anilines is 2. The maximum absolute atomic E-state index is 11.3. The quantitative estimate of drug-likeness (QED) is 0.889. The summed E-state index contributed by atoms with van der Waals surface area (Å²) in [6.45, 7) is 8.04. The minimum atomic E-state index is -0.949. The van der Waals surface area contributed by atoms with E-state index in [1.165, 1.54) is 0 Å². The topological polar surface area (TPSA) is 62.2 Å². The zero-order valence-corrected chi connectivity index (χ0v) is 12.8. The van der Waals surface area contributed by atoms with Crippen molar-refractivity contribution in [1.29, 1.82) is 0 Å². The Labute approximate surface area is 124 Å². The Kier molecular flexibility index (Phi) is 3.98. The molecule has 1 aromatic carbocycles. The van der Waals surface area contributed by atoms with Crippen LogP contribution in [-0.4, -0.2) is 16.1 Å². The average molecular weight is 284 g/mol. The van der Waals surface area contributed by atoms with Gasteiger partial charge in [-0.3, -0.25) is 0 Å². The molecule has 0 aliphatic rings. The number of pyridine rings is 1. The number of nitrogens with one attached hydrogen (secondary N) is 1. The van der Waals surface area contributed by atoms with Crippen LogP contribution in [0.4, 0.5) is 11.5 Å². The fourth-order valence-electron chi connectivity index (χ4n) is 1.97. The molecule has 0 amide bonds. The number of benzene rings is 1. The highest BCUT2D eigenvalue weighted by atomic mass is 16.4. The number of carboxylic acid groups (broad SMARTS) is 1. The molecule has 21 heavy (non-hydrogen) atoms. The van der Waals surface area contributed by atoms with Crippen LogP contribution in [0.15, 0.2) is 36.4 Å². The number of hydrogen-bond donors (Lipinski definition) is 2. The highest BCUT2D eigenvalue weighted by Gasteiger charge is 2.19. The molecule has 2 rings (SSSR count). The number of rotatable bonds is 3. The van der Waals surface area contributed by atoms with E-state index in [9.17, 15) is 9.90 Å². The van der Waals surface area contributed by atoms with Gasteiger partial charge in [-0.1, -0.05) is 32.9 Å². The number of aromatic nitrogens is 1. The van der Waals surface area contributed by atoms with Crippen LogP contribution in [0, 0.1) is 6.92 Å². The summed E-state index contributed by atoms with van der Waals surface area (Å²) >= 11 is 0. The van der Waals surface area contributed by atoms with E-state index in [1.807, 2.05) is 52.0 Å². The lowest BCUT2D eigenvalue weighted by Crippen LogP contribution is -2.16. The zero-order valence-electron chi connectivity index (χ0n) is 12.8. The Morgan fingerprint density at radius 2 is 1.90 bits per heavy atom. The largest absolute Gasteiger partial charge is 0.478 e. The summed E-state index contributed by atoms with van der Waals surface area (Å²) in [6, 6.07) is 11.1. The predicted molar refractivity (Wildman–Crippen MR) is 84.4 cm³/mol. The van der Waals surface area contributed by atoms with Crippen molar-refractivity contribution in [2.24, 2.45) is 0 Å². The summed E-state index contributed by atoms with van der Waals surface area (Å²) in [4.78, 5) is 15.8. The van der Waals surface area contributed by atoms with E-state index in [0.717, 1.165) is 16.9 Å². The van der Waals surface area contributed by atoms with E-state index in [0.29, 0.717) is 5.82 Å².